The van der Waals surface area contributed by atoms with Crippen LogP contribution in [0.25, 0.3) is 5.69 Å². The highest BCUT2D eigenvalue weighted by Crippen LogP contribution is 2.39. The van der Waals surface area contributed by atoms with Gasteiger partial charge in [-0.25, -0.2) is 9.67 Å². The van der Waals surface area contributed by atoms with Crippen molar-refractivity contribution in [2.24, 2.45) is 5.92 Å². The maximum absolute atomic E-state index is 13.1. The van der Waals surface area contributed by atoms with E-state index in [0.717, 1.165) is 55.5 Å². The topological polar surface area (TPSA) is 63.1 Å². The first-order valence-electron chi connectivity index (χ1n) is 10.8. The molecule has 156 valence electrons. The van der Waals surface area contributed by atoms with Gasteiger partial charge in [-0.1, -0.05) is 25.1 Å². The van der Waals surface area contributed by atoms with Crippen molar-refractivity contribution in [3.05, 3.63) is 58.9 Å². The van der Waals surface area contributed by atoms with Crippen molar-refractivity contribution >= 4 is 22.4 Å². The van der Waals surface area contributed by atoms with Gasteiger partial charge in [-0.3, -0.25) is 15.0 Å². The van der Waals surface area contributed by atoms with Crippen molar-refractivity contribution in [1.82, 2.24) is 19.7 Å². The zero-order chi connectivity index (χ0) is 20.5. The summed E-state index contributed by atoms with van der Waals surface area (Å²) in [4.78, 5) is 20.2. The van der Waals surface area contributed by atoms with Crippen LogP contribution in [0, 0.1) is 5.92 Å². The van der Waals surface area contributed by atoms with Crippen molar-refractivity contribution < 1.29 is 4.79 Å². The fraction of sp³-hybridized carbons (Fsp3) is 0.435. The Hall–Kier alpha value is -2.51. The molecule has 2 aliphatic rings. The Bertz CT molecular complexity index is 1020. The first-order chi connectivity index (χ1) is 14.7. The third-order valence-corrected chi connectivity index (χ3v) is 6.80. The molecular weight excluding hydrogens is 394 g/mol. The van der Waals surface area contributed by atoms with Crippen molar-refractivity contribution in [2.75, 3.05) is 18.4 Å². The Labute approximate surface area is 180 Å². The maximum atomic E-state index is 13.1. The number of carbonyl (C=O) groups is 1. The number of piperidine rings is 1. The molecule has 7 heteroatoms. The third kappa shape index (κ3) is 4.32. The summed E-state index contributed by atoms with van der Waals surface area (Å²) in [5, 5.41) is 10.4. The number of hydrogen-bond donors (Lipinski definition) is 1. The van der Waals surface area contributed by atoms with Crippen molar-refractivity contribution in [1.29, 1.82) is 0 Å². The number of hydrogen-bond acceptors (Lipinski definition) is 5. The van der Waals surface area contributed by atoms with E-state index in [1.165, 1.54) is 24.2 Å². The quantitative estimate of drug-likeness (QED) is 0.627. The van der Waals surface area contributed by atoms with E-state index < -0.39 is 0 Å². The highest BCUT2D eigenvalue weighted by atomic mass is 32.1. The van der Waals surface area contributed by atoms with Crippen LogP contribution in [0.4, 0.5) is 5.13 Å². The van der Waals surface area contributed by atoms with Crippen LogP contribution in [0.2, 0.25) is 0 Å². The van der Waals surface area contributed by atoms with Crippen LogP contribution < -0.4 is 5.32 Å². The molecule has 1 aliphatic carbocycles. The fourth-order valence-electron chi connectivity index (χ4n) is 3.95. The molecule has 0 radical (unpaired) electrons. The number of amides is 1. The number of para-hydroxylation sites is 1. The van der Waals surface area contributed by atoms with Gasteiger partial charge in [-0.05, 0) is 62.9 Å². The first-order valence-corrected chi connectivity index (χ1v) is 11.7. The third-order valence-electron chi connectivity index (χ3n) is 5.99. The van der Waals surface area contributed by atoms with E-state index in [0.29, 0.717) is 16.7 Å². The lowest BCUT2D eigenvalue weighted by molar-refractivity contribution is 0.101. The summed E-state index contributed by atoms with van der Waals surface area (Å²) >= 11 is 1.49. The number of likely N-dealkylation sites (tertiary alicyclic amines) is 1. The van der Waals surface area contributed by atoms with Crippen molar-refractivity contribution in [3.8, 4) is 5.69 Å². The van der Waals surface area contributed by atoms with Crippen LogP contribution in [0.3, 0.4) is 0 Å². The minimum absolute atomic E-state index is 0.161. The van der Waals surface area contributed by atoms with Crippen LogP contribution >= 0.6 is 11.3 Å². The number of aromatic nitrogens is 3. The Morgan fingerprint density at radius 3 is 2.67 bits per heavy atom. The summed E-state index contributed by atoms with van der Waals surface area (Å²) in [7, 11) is 0. The summed E-state index contributed by atoms with van der Waals surface area (Å²) in [5.41, 5.74) is 3.49. The first kappa shape index (κ1) is 19.5. The molecule has 1 amide bonds. The number of thiazole rings is 1. The fourth-order valence-corrected chi connectivity index (χ4v) is 4.65. The number of nitrogens with zero attached hydrogens (tertiary/aromatic N) is 4. The maximum Gasteiger partial charge on any atom is 0.276 e. The van der Waals surface area contributed by atoms with Crippen LogP contribution in [-0.2, 0) is 6.54 Å². The number of anilines is 1. The lowest BCUT2D eigenvalue weighted by Gasteiger charge is -2.29. The molecule has 2 fully saturated rings. The van der Waals surface area contributed by atoms with Crippen LogP contribution in [0.1, 0.15) is 60.4 Å². The average molecular weight is 422 g/mol. The summed E-state index contributed by atoms with van der Waals surface area (Å²) in [5.74, 6) is 1.15. The molecular formula is C23H27N5OS. The zero-order valence-electron chi connectivity index (χ0n) is 17.3. The van der Waals surface area contributed by atoms with E-state index in [1.54, 1.807) is 4.68 Å². The smallest absolute Gasteiger partial charge is 0.276 e. The number of carbonyl (C=O) groups excluding carboxylic acids is 1. The highest BCUT2D eigenvalue weighted by Gasteiger charge is 2.29. The van der Waals surface area contributed by atoms with E-state index in [4.69, 9.17) is 5.10 Å². The van der Waals surface area contributed by atoms with Crippen molar-refractivity contribution in [3.63, 3.8) is 0 Å². The lowest BCUT2D eigenvalue weighted by atomic mass is 9.99. The van der Waals surface area contributed by atoms with E-state index in [2.05, 4.69) is 27.5 Å². The van der Waals surface area contributed by atoms with Gasteiger partial charge in [-0.15, -0.1) is 11.3 Å². The second-order valence-corrected chi connectivity index (χ2v) is 9.39. The normalized spacial score (nSPS) is 17.9. The number of nitrogens with one attached hydrogen (secondary N) is 1. The zero-order valence-corrected chi connectivity index (χ0v) is 18.1. The van der Waals surface area contributed by atoms with Gasteiger partial charge in [0.1, 0.15) is 5.69 Å². The average Bonchev–Trinajstić information content (AvgIpc) is 3.36. The Morgan fingerprint density at radius 2 is 1.93 bits per heavy atom. The van der Waals surface area contributed by atoms with Gasteiger partial charge in [0.15, 0.2) is 5.13 Å². The summed E-state index contributed by atoms with van der Waals surface area (Å²) < 4.78 is 1.76. The molecule has 1 aliphatic heterocycles. The summed E-state index contributed by atoms with van der Waals surface area (Å²) in [6.07, 6.45) is 4.80. The van der Waals surface area contributed by atoms with Gasteiger partial charge in [0.2, 0.25) is 0 Å². The minimum atomic E-state index is -0.161. The second-order valence-electron chi connectivity index (χ2n) is 8.53. The van der Waals surface area contributed by atoms with Gasteiger partial charge in [0.25, 0.3) is 5.91 Å². The van der Waals surface area contributed by atoms with Gasteiger partial charge in [-0.2, -0.15) is 5.10 Å². The monoisotopic (exact) mass is 421 g/mol. The molecule has 2 aromatic heterocycles. The largest absolute Gasteiger partial charge is 0.297 e. The lowest BCUT2D eigenvalue weighted by Crippen LogP contribution is -2.32. The molecule has 3 aromatic rings. The minimum Gasteiger partial charge on any atom is -0.297 e. The molecule has 0 spiro atoms. The van der Waals surface area contributed by atoms with Gasteiger partial charge in [0.05, 0.1) is 17.1 Å². The molecule has 0 unspecified atom stereocenters. The van der Waals surface area contributed by atoms with Crippen LogP contribution in [0.5, 0.6) is 0 Å². The van der Waals surface area contributed by atoms with E-state index in [9.17, 15) is 4.79 Å². The molecule has 3 heterocycles. The van der Waals surface area contributed by atoms with Crippen molar-refractivity contribution in [2.45, 2.75) is 45.1 Å². The molecule has 6 nitrogen and oxygen atoms in total. The Kier molecular flexibility index (Phi) is 5.39. The molecule has 0 atom stereocenters. The molecule has 1 N–H and O–H groups in total. The van der Waals surface area contributed by atoms with E-state index in [1.807, 2.05) is 36.4 Å². The van der Waals surface area contributed by atoms with Gasteiger partial charge < -0.3 is 0 Å². The van der Waals surface area contributed by atoms with E-state index in [-0.39, 0.29) is 5.91 Å². The highest BCUT2D eigenvalue weighted by molar-refractivity contribution is 7.13. The summed E-state index contributed by atoms with van der Waals surface area (Å²) in [6.45, 7) is 5.43. The standard InChI is InChI=1S/C23H27N5OS/c1-16-9-11-27(12-10-16)14-18-15-30-23(24-18)25-22(29)21-13-20(17-7-8-17)26-28(21)19-5-3-2-4-6-19/h2-6,13,15-17H,7-12,14H2,1H3,(H,24,25,29). The number of benzene rings is 1. The second kappa shape index (κ2) is 8.32. The molecule has 1 saturated heterocycles. The molecule has 30 heavy (non-hydrogen) atoms. The summed E-state index contributed by atoms with van der Waals surface area (Å²) in [6, 6.07) is 11.8. The number of rotatable bonds is 6. The molecule has 1 aromatic carbocycles. The SMILES string of the molecule is CC1CCN(Cc2csc(NC(=O)c3cc(C4CC4)nn3-c3ccccc3)n2)CC1. The Morgan fingerprint density at radius 1 is 1.17 bits per heavy atom. The molecule has 0 bridgehead atoms. The predicted molar refractivity (Wildman–Crippen MR) is 119 cm³/mol. The van der Waals surface area contributed by atoms with Crippen LogP contribution in [-0.4, -0.2) is 38.7 Å². The van der Waals surface area contributed by atoms with E-state index >= 15 is 0 Å². The van der Waals surface area contributed by atoms with Gasteiger partial charge >= 0.3 is 0 Å². The molecule has 1 saturated carbocycles. The Balaban J connectivity index is 1.30. The molecule has 5 rings (SSSR count). The van der Waals surface area contributed by atoms with Gasteiger partial charge in [0, 0.05) is 17.8 Å². The predicted octanol–water partition coefficient (Wildman–Crippen LogP) is 4.69. The van der Waals surface area contributed by atoms with Crippen LogP contribution in [0.15, 0.2) is 41.8 Å².